The summed E-state index contributed by atoms with van der Waals surface area (Å²) in [6.07, 6.45) is 0. The summed E-state index contributed by atoms with van der Waals surface area (Å²) in [6.45, 7) is 0. The number of rotatable bonds is 0. The summed E-state index contributed by atoms with van der Waals surface area (Å²) in [5, 5.41) is 2.80. The topological polar surface area (TPSA) is 29.1 Å². The Labute approximate surface area is 75.0 Å². The summed E-state index contributed by atoms with van der Waals surface area (Å²) >= 11 is 1.30. The van der Waals surface area contributed by atoms with E-state index in [4.69, 9.17) is 0 Å². The third-order valence-electron chi connectivity index (χ3n) is 1.64. The van der Waals surface area contributed by atoms with Crippen molar-refractivity contribution in [1.29, 1.82) is 0 Å². The van der Waals surface area contributed by atoms with E-state index in [9.17, 15) is 4.79 Å². The molecule has 1 heterocycles. The van der Waals surface area contributed by atoms with E-state index in [1.165, 1.54) is 19.4 Å². The van der Waals surface area contributed by atoms with Crippen molar-refractivity contribution in [1.82, 2.24) is 5.32 Å². The second-order valence-corrected chi connectivity index (χ2v) is 3.80. The first-order chi connectivity index (χ1) is 5.29. The Hall–Kier alpha value is -0.752. The van der Waals surface area contributed by atoms with Crippen LogP contribution in [0.15, 0.2) is 24.3 Å². The second kappa shape index (κ2) is 2.38. The molecular weight excluding hydrogens is 310 g/mol. The first-order valence-corrected chi connectivity index (χ1v) is 4.70. The molecule has 54 valence electrons. The monoisotopic (exact) mass is 315 g/mol. The van der Waals surface area contributed by atoms with Crippen molar-refractivity contribution in [2.45, 2.75) is 0 Å². The molecule has 1 aromatic rings. The van der Waals surface area contributed by atoms with Crippen molar-refractivity contribution in [3.05, 3.63) is 35.4 Å². The molecule has 11 heavy (non-hydrogen) atoms. The molecule has 1 aliphatic rings. The number of nitrogens with one attached hydrogen (secondary N) is 1. The van der Waals surface area contributed by atoms with Gasteiger partial charge in [-0.05, 0) is 0 Å². The number of hydrogen-bond donors (Lipinski definition) is 1. The Kier molecular flexibility index (Phi) is 1.50. The number of carbonyl (C=O) groups is 1. The number of amides is 1. The summed E-state index contributed by atoms with van der Waals surface area (Å²) in [4.78, 5) is 11.2. The fourth-order valence-electron chi connectivity index (χ4n) is 1.12. The minimum absolute atomic E-state index is 0.0330. The molecule has 0 spiro atoms. The van der Waals surface area contributed by atoms with Gasteiger partial charge in [-0.25, -0.2) is 0 Å². The third kappa shape index (κ3) is 0.982. The van der Waals surface area contributed by atoms with E-state index >= 15 is 0 Å². The molecule has 0 aliphatic carbocycles. The van der Waals surface area contributed by atoms with Crippen LogP contribution in [0.3, 0.4) is 0 Å². The fraction of sp³-hybridized carbons (Fsp3) is 0. The van der Waals surface area contributed by atoms with Crippen molar-refractivity contribution in [3.8, 4) is 0 Å². The maximum atomic E-state index is 11.2. The second-order valence-electron chi connectivity index (χ2n) is 2.33. The van der Waals surface area contributed by atoms with Gasteiger partial charge in [0.25, 0.3) is 0 Å². The van der Waals surface area contributed by atoms with E-state index in [0.29, 0.717) is 0 Å². The number of carbonyl (C=O) groups excluding carboxylic acids is 1. The van der Waals surface area contributed by atoms with Crippen molar-refractivity contribution < 1.29 is 24.1 Å². The van der Waals surface area contributed by atoms with Gasteiger partial charge < -0.3 is 0 Å². The van der Waals surface area contributed by atoms with Gasteiger partial charge in [-0.15, -0.1) is 0 Å². The average molecular weight is 315 g/mol. The predicted octanol–water partition coefficient (Wildman–Crippen LogP) is 0.455. The first kappa shape index (κ1) is 6.93. The molecule has 3 heteroatoms. The molecule has 0 aromatic heterocycles. The van der Waals surface area contributed by atoms with Crippen LogP contribution >= 0.6 is 0 Å². The number of fused-ring (bicyclic) bond motifs is 1. The third-order valence-corrected chi connectivity index (χ3v) is 2.80. The van der Waals surface area contributed by atoms with Gasteiger partial charge in [0.2, 0.25) is 0 Å². The molecule has 0 bridgehead atoms. The van der Waals surface area contributed by atoms with Crippen LogP contribution in [0.2, 0.25) is 0 Å². The maximum absolute atomic E-state index is 11.2. The van der Waals surface area contributed by atoms with E-state index in [1.807, 2.05) is 24.3 Å². The Morgan fingerprint density at radius 3 is 2.45 bits per heavy atom. The Bertz CT molecular complexity index is 313. The van der Waals surface area contributed by atoms with E-state index in [1.54, 1.807) is 0 Å². The molecule has 2 rings (SSSR count). The Balaban J connectivity index is 2.69. The molecular formula is C8H5NOW. The van der Waals surface area contributed by atoms with Crippen LogP contribution < -0.4 is 5.32 Å². The van der Waals surface area contributed by atoms with Crippen LogP contribution in [0.25, 0.3) is 0 Å². The van der Waals surface area contributed by atoms with Gasteiger partial charge in [0.15, 0.2) is 0 Å². The molecule has 1 amide bonds. The molecule has 0 fully saturated rings. The first-order valence-electron chi connectivity index (χ1n) is 3.24. The zero-order chi connectivity index (χ0) is 7.84. The van der Waals surface area contributed by atoms with Gasteiger partial charge >= 0.3 is 74.8 Å². The van der Waals surface area contributed by atoms with Crippen LogP contribution in [0.4, 0.5) is 0 Å². The summed E-state index contributed by atoms with van der Waals surface area (Å²) < 4.78 is 1.03. The minimum atomic E-state index is 0.0330. The SMILES string of the molecule is O=C1N[C](=[W])c2ccccc21. The molecule has 1 aromatic carbocycles. The van der Waals surface area contributed by atoms with Crippen molar-refractivity contribution >= 4 is 9.93 Å². The molecule has 1 N–H and O–H groups in total. The van der Waals surface area contributed by atoms with Crippen LogP contribution in [0.5, 0.6) is 0 Å². The van der Waals surface area contributed by atoms with E-state index in [2.05, 4.69) is 5.32 Å². The van der Waals surface area contributed by atoms with Gasteiger partial charge in [0, 0.05) is 0 Å². The standard InChI is InChI=1S/C8H5NO.W/c10-8-7-4-2-1-3-6(7)5-9-8;/h1-4H,(H,9,10);. The van der Waals surface area contributed by atoms with Crippen LogP contribution in [0, 0.1) is 0 Å². The van der Waals surface area contributed by atoms with Gasteiger partial charge in [-0.1, -0.05) is 0 Å². The van der Waals surface area contributed by atoms with Crippen molar-refractivity contribution in [2.24, 2.45) is 0 Å². The van der Waals surface area contributed by atoms with Gasteiger partial charge in [0.05, 0.1) is 0 Å². The summed E-state index contributed by atoms with van der Waals surface area (Å²) in [5.41, 5.74) is 1.87. The van der Waals surface area contributed by atoms with Crippen LogP contribution in [-0.4, -0.2) is 9.93 Å². The van der Waals surface area contributed by atoms with E-state index in [0.717, 1.165) is 15.1 Å². The molecule has 0 unspecified atom stereocenters. The van der Waals surface area contributed by atoms with Gasteiger partial charge in [-0.2, -0.15) is 0 Å². The molecule has 0 saturated carbocycles. The summed E-state index contributed by atoms with van der Waals surface area (Å²) in [6, 6.07) is 7.64. The molecule has 0 atom stereocenters. The quantitative estimate of drug-likeness (QED) is 0.740. The summed E-state index contributed by atoms with van der Waals surface area (Å²) in [7, 11) is 0. The fourth-order valence-corrected chi connectivity index (χ4v) is 2.09. The normalized spacial score (nSPS) is 14.5. The van der Waals surface area contributed by atoms with Crippen LogP contribution in [0.1, 0.15) is 15.9 Å². The number of benzene rings is 1. The molecule has 1 aliphatic heterocycles. The van der Waals surface area contributed by atoms with Crippen molar-refractivity contribution in [2.75, 3.05) is 0 Å². The Morgan fingerprint density at radius 2 is 1.82 bits per heavy atom. The molecule has 0 radical (unpaired) electrons. The summed E-state index contributed by atoms with van der Waals surface area (Å²) in [5.74, 6) is 0.0330. The average Bonchev–Trinajstić information content (AvgIpc) is 2.30. The van der Waals surface area contributed by atoms with Gasteiger partial charge in [0.1, 0.15) is 0 Å². The van der Waals surface area contributed by atoms with Crippen molar-refractivity contribution in [3.63, 3.8) is 0 Å². The van der Waals surface area contributed by atoms with E-state index < -0.39 is 0 Å². The van der Waals surface area contributed by atoms with E-state index in [-0.39, 0.29) is 5.91 Å². The Morgan fingerprint density at radius 1 is 1.18 bits per heavy atom. The van der Waals surface area contributed by atoms with Crippen LogP contribution in [-0.2, 0) is 19.4 Å². The molecule has 2 nitrogen and oxygen atoms in total. The van der Waals surface area contributed by atoms with Gasteiger partial charge in [-0.3, -0.25) is 0 Å². The zero-order valence-electron chi connectivity index (χ0n) is 5.63. The molecule has 0 saturated heterocycles. The number of hydrogen-bond acceptors (Lipinski definition) is 1. The predicted molar refractivity (Wildman–Crippen MR) is 38.0 cm³/mol. The zero-order valence-corrected chi connectivity index (χ0v) is 8.56.